The second kappa shape index (κ2) is 8.05. The van der Waals surface area contributed by atoms with E-state index in [0.29, 0.717) is 12.2 Å². The third kappa shape index (κ3) is 4.27. The zero-order valence-corrected chi connectivity index (χ0v) is 15.6. The molecule has 0 radical (unpaired) electrons. The van der Waals surface area contributed by atoms with E-state index < -0.39 is 0 Å². The van der Waals surface area contributed by atoms with Crippen molar-refractivity contribution < 1.29 is 9.53 Å². The summed E-state index contributed by atoms with van der Waals surface area (Å²) in [7, 11) is 0. The van der Waals surface area contributed by atoms with E-state index in [1.807, 2.05) is 35.2 Å². The number of para-hydroxylation sites is 1. The van der Waals surface area contributed by atoms with Gasteiger partial charge in [0.2, 0.25) is 0 Å². The van der Waals surface area contributed by atoms with E-state index in [2.05, 4.69) is 15.1 Å². The number of carbonyl (C=O) groups excluding carboxylic acids is 1. The number of aromatic nitrogens is 2. The molecule has 27 heavy (non-hydrogen) atoms. The summed E-state index contributed by atoms with van der Waals surface area (Å²) in [5.74, 6) is 0.999. The molecule has 2 aliphatic rings. The van der Waals surface area contributed by atoms with Gasteiger partial charge in [-0.15, -0.1) is 0 Å². The fourth-order valence-corrected chi connectivity index (χ4v) is 4.35. The first-order chi connectivity index (χ1) is 13.2. The Labute approximate surface area is 160 Å². The van der Waals surface area contributed by atoms with Gasteiger partial charge in [0.15, 0.2) is 0 Å². The summed E-state index contributed by atoms with van der Waals surface area (Å²) in [6, 6.07) is 11.7. The molecule has 2 aliphatic heterocycles. The molecule has 2 fully saturated rings. The van der Waals surface area contributed by atoms with Gasteiger partial charge >= 0.3 is 0 Å². The van der Waals surface area contributed by atoms with Crippen LogP contribution < -0.4 is 4.74 Å². The van der Waals surface area contributed by atoms with Gasteiger partial charge in [0.1, 0.15) is 12.4 Å². The van der Waals surface area contributed by atoms with Gasteiger partial charge in [-0.05, 0) is 44.0 Å². The van der Waals surface area contributed by atoms with Crippen molar-refractivity contribution in [3.8, 4) is 5.75 Å². The van der Waals surface area contributed by atoms with Crippen molar-refractivity contribution in [2.45, 2.75) is 19.3 Å². The molecule has 0 saturated carbocycles. The smallest absolute Gasteiger partial charge is 0.255 e. The van der Waals surface area contributed by atoms with E-state index in [9.17, 15) is 4.79 Å². The van der Waals surface area contributed by atoms with Gasteiger partial charge in [-0.2, -0.15) is 10.2 Å². The summed E-state index contributed by atoms with van der Waals surface area (Å²) in [5, 5.41) is 7.59. The topological polar surface area (TPSA) is 58.6 Å². The Kier molecular flexibility index (Phi) is 5.34. The number of rotatable bonds is 5. The van der Waals surface area contributed by atoms with Crippen LogP contribution in [0, 0.1) is 5.41 Å². The van der Waals surface area contributed by atoms with Crippen LogP contribution in [0.5, 0.6) is 5.75 Å². The zero-order valence-electron chi connectivity index (χ0n) is 15.6. The van der Waals surface area contributed by atoms with E-state index in [-0.39, 0.29) is 11.3 Å². The molecule has 0 N–H and O–H groups in total. The van der Waals surface area contributed by atoms with E-state index in [1.54, 1.807) is 18.5 Å². The number of hydrogen-bond acceptors (Lipinski definition) is 5. The normalized spacial score (nSPS) is 22.9. The van der Waals surface area contributed by atoms with Gasteiger partial charge in [-0.3, -0.25) is 9.69 Å². The lowest BCUT2D eigenvalue weighted by Gasteiger charge is -2.40. The van der Waals surface area contributed by atoms with Crippen LogP contribution in [0.15, 0.2) is 48.8 Å². The van der Waals surface area contributed by atoms with Crippen molar-refractivity contribution in [1.29, 1.82) is 0 Å². The number of carbonyl (C=O) groups is 1. The van der Waals surface area contributed by atoms with Crippen LogP contribution >= 0.6 is 0 Å². The Balaban J connectivity index is 1.30. The van der Waals surface area contributed by atoms with E-state index in [4.69, 9.17) is 4.74 Å². The summed E-state index contributed by atoms with van der Waals surface area (Å²) < 4.78 is 5.86. The summed E-state index contributed by atoms with van der Waals surface area (Å²) in [5.41, 5.74) is 0.854. The third-order valence-corrected chi connectivity index (χ3v) is 5.72. The average molecular weight is 366 g/mol. The first kappa shape index (κ1) is 17.9. The Morgan fingerprint density at radius 3 is 2.78 bits per heavy atom. The molecule has 1 atom stereocenters. The SMILES string of the molecule is O=C(c1ccnnc1)N1CCC2(CCCN(CCOc3ccccc3)C2)C1. The molecule has 1 aromatic heterocycles. The fourth-order valence-electron chi connectivity index (χ4n) is 4.35. The van der Waals surface area contributed by atoms with Crippen LogP contribution in [0.25, 0.3) is 0 Å². The number of hydrogen-bond donors (Lipinski definition) is 0. The number of ether oxygens (including phenoxy) is 1. The molecule has 0 aliphatic carbocycles. The molecule has 1 unspecified atom stereocenters. The van der Waals surface area contributed by atoms with Gasteiger partial charge in [-0.25, -0.2) is 0 Å². The predicted octanol–water partition coefficient (Wildman–Crippen LogP) is 2.48. The van der Waals surface area contributed by atoms with E-state index >= 15 is 0 Å². The van der Waals surface area contributed by atoms with E-state index in [0.717, 1.165) is 44.9 Å². The summed E-state index contributed by atoms with van der Waals surface area (Å²) in [6.07, 6.45) is 6.59. The van der Waals surface area contributed by atoms with Crippen molar-refractivity contribution in [2.24, 2.45) is 5.41 Å². The van der Waals surface area contributed by atoms with Crippen LogP contribution in [0.4, 0.5) is 0 Å². The number of amides is 1. The first-order valence-electron chi connectivity index (χ1n) is 9.70. The zero-order chi connectivity index (χ0) is 18.5. The minimum atomic E-state index is 0.0753. The van der Waals surface area contributed by atoms with Gasteiger partial charge < -0.3 is 9.64 Å². The first-order valence-corrected chi connectivity index (χ1v) is 9.70. The standard InChI is InChI=1S/C21H26N4O2/c26-20(18-7-10-22-23-15-18)25-12-9-21(17-25)8-4-11-24(16-21)13-14-27-19-5-2-1-3-6-19/h1-3,5-7,10,15H,4,8-9,11-14,16-17H2. The maximum absolute atomic E-state index is 12.7. The second-order valence-corrected chi connectivity index (χ2v) is 7.65. The minimum Gasteiger partial charge on any atom is -0.492 e. The van der Waals surface area contributed by atoms with Crippen LogP contribution in [-0.2, 0) is 0 Å². The largest absolute Gasteiger partial charge is 0.492 e. The van der Waals surface area contributed by atoms with Crippen LogP contribution in [0.2, 0.25) is 0 Å². The Hall–Kier alpha value is -2.47. The Bertz CT molecular complexity index is 755. The van der Waals surface area contributed by atoms with Crippen LogP contribution in [0.3, 0.4) is 0 Å². The number of nitrogens with zero attached hydrogens (tertiary/aromatic N) is 4. The van der Waals surface area contributed by atoms with Gasteiger partial charge in [0, 0.05) is 31.6 Å². The van der Waals surface area contributed by atoms with Gasteiger partial charge in [0.05, 0.1) is 18.0 Å². The molecular weight excluding hydrogens is 340 g/mol. The summed E-state index contributed by atoms with van der Waals surface area (Å²) >= 11 is 0. The van der Waals surface area contributed by atoms with Crippen molar-refractivity contribution in [3.63, 3.8) is 0 Å². The van der Waals surface area contributed by atoms with Crippen molar-refractivity contribution >= 4 is 5.91 Å². The highest BCUT2D eigenvalue weighted by Crippen LogP contribution is 2.39. The van der Waals surface area contributed by atoms with Crippen molar-refractivity contribution in [3.05, 3.63) is 54.4 Å². The van der Waals surface area contributed by atoms with E-state index in [1.165, 1.54) is 12.8 Å². The lowest BCUT2D eigenvalue weighted by Crippen LogP contribution is -2.46. The van der Waals surface area contributed by atoms with Crippen molar-refractivity contribution in [1.82, 2.24) is 20.0 Å². The van der Waals surface area contributed by atoms with Gasteiger partial charge in [0.25, 0.3) is 5.91 Å². The molecule has 1 spiro atoms. The number of piperidine rings is 1. The lowest BCUT2D eigenvalue weighted by molar-refractivity contribution is 0.0658. The molecule has 1 amide bonds. The molecule has 0 bridgehead atoms. The number of benzene rings is 1. The average Bonchev–Trinajstić information content (AvgIpc) is 3.12. The molecular formula is C21H26N4O2. The maximum Gasteiger partial charge on any atom is 0.255 e. The van der Waals surface area contributed by atoms with Crippen molar-refractivity contribution in [2.75, 3.05) is 39.3 Å². The molecule has 2 aromatic rings. The fraction of sp³-hybridized carbons (Fsp3) is 0.476. The Morgan fingerprint density at radius 1 is 1.07 bits per heavy atom. The van der Waals surface area contributed by atoms with Gasteiger partial charge in [-0.1, -0.05) is 18.2 Å². The molecule has 6 nitrogen and oxygen atoms in total. The highest BCUT2D eigenvalue weighted by atomic mass is 16.5. The maximum atomic E-state index is 12.7. The van der Waals surface area contributed by atoms with Crippen LogP contribution in [-0.4, -0.2) is 65.2 Å². The third-order valence-electron chi connectivity index (χ3n) is 5.72. The molecule has 142 valence electrons. The predicted molar refractivity (Wildman–Crippen MR) is 103 cm³/mol. The monoisotopic (exact) mass is 366 g/mol. The highest BCUT2D eigenvalue weighted by Gasteiger charge is 2.42. The molecule has 3 heterocycles. The minimum absolute atomic E-state index is 0.0753. The lowest BCUT2D eigenvalue weighted by atomic mass is 9.79. The quantitative estimate of drug-likeness (QED) is 0.814. The molecule has 1 aromatic carbocycles. The number of likely N-dealkylation sites (tertiary alicyclic amines) is 2. The highest BCUT2D eigenvalue weighted by molar-refractivity contribution is 5.94. The second-order valence-electron chi connectivity index (χ2n) is 7.65. The Morgan fingerprint density at radius 2 is 1.96 bits per heavy atom. The molecule has 4 rings (SSSR count). The van der Waals surface area contributed by atoms with Crippen LogP contribution in [0.1, 0.15) is 29.6 Å². The summed E-state index contributed by atoms with van der Waals surface area (Å²) in [4.78, 5) is 17.2. The molecule has 2 saturated heterocycles. The summed E-state index contributed by atoms with van der Waals surface area (Å²) in [6.45, 7) is 5.45. The molecule has 6 heteroatoms.